The largest absolute Gasteiger partial charge is 0.455 e. The number of anilines is 1. The molecule has 4 nitrogen and oxygen atoms in total. The first-order valence-corrected chi connectivity index (χ1v) is 12.1. The van der Waals surface area contributed by atoms with Gasteiger partial charge < -0.3 is 10.1 Å². The molecule has 4 aromatic rings. The SMILES string of the molecule is O=C(Nc1cc(Cl)ccc1Oc1ccccc1)C1CCN(Cc2cccc3ccccc23)CC1. The third kappa shape index (κ3) is 5.24. The molecule has 1 amide bonds. The van der Waals surface area contributed by atoms with Crippen molar-refractivity contribution in [1.82, 2.24) is 4.90 Å². The molecule has 1 saturated heterocycles. The molecule has 5 heteroatoms. The summed E-state index contributed by atoms with van der Waals surface area (Å²) in [6.45, 7) is 2.69. The van der Waals surface area contributed by atoms with Gasteiger partial charge in [0.05, 0.1) is 5.69 Å². The Hall–Kier alpha value is -3.34. The second-order valence-electron chi connectivity index (χ2n) is 8.73. The lowest BCUT2D eigenvalue weighted by Crippen LogP contribution is -2.37. The van der Waals surface area contributed by atoms with Gasteiger partial charge in [-0.1, -0.05) is 72.3 Å². The summed E-state index contributed by atoms with van der Waals surface area (Å²) in [5, 5.41) is 6.19. The number of halogens is 1. The monoisotopic (exact) mass is 470 g/mol. The number of amides is 1. The first kappa shape index (κ1) is 22.5. The molecular weight excluding hydrogens is 444 g/mol. The maximum atomic E-state index is 13.1. The van der Waals surface area contributed by atoms with Crippen molar-refractivity contribution in [1.29, 1.82) is 0 Å². The van der Waals surface area contributed by atoms with E-state index in [1.165, 1.54) is 16.3 Å². The van der Waals surface area contributed by atoms with Crippen molar-refractivity contribution in [3.8, 4) is 11.5 Å². The maximum Gasteiger partial charge on any atom is 0.227 e. The fraction of sp³-hybridized carbons (Fsp3) is 0.207. The molecule has 0 radical (unpaired) electrons. The first-order valence-electron chi connectivity index (χ1n) is 11.7. The van der Waals surface area contributed by atoms with E-state index in [2.05, 4.69) is 52.7 Å². The molecule has 0 aromatic heterocycles. The van der Waals surface area contributed by atoms with Gasteiger partial charge in [-0.15, -0.1) is 0 Å². The van der Waals surface area contributed by atoms with Crippen LogP contribution in [0.3, 0.4) is 0 Å². The highest BCUT2D eigenvalue weighted by Crippen LogP contribution is 2.33. The van der Waals surface area contributed by atoms with Gasteiger partial charge in [-0.2, -0.15) is 0 Å². The van der Waals surface area contributed by atoms with Gasteiger partial charge in [-0.25, -0.2) is 0 Å². The Balaban J connectivity index is 1.21. The predicted octanol–water partition coefficient (Wildman–Crippen LogP) is 7.14. The summed E-state index contributed by atoms with van der Waals surface area (Å²) < 4.78 is 5.99. The van der Waals surface area contributed by atoms with Crippen LogP contribution in [0.2, 0.25) is 5.02 Å². The van der Waals surface area contributed by atoms with E-state index in [4.69, 9.17) is 16.3 Å². The first-order chi connectivity index (χ1) is 16.7. The minimum absolute atomic E-state index is 0.0185. The van der Waals surface area contributed by atoms with E-state index in [1.54, 1.807) is 18.2 Å². The number of nitrogens with zero attached hydrogens (tertiary/aromatic N) is 1. The molecule has 34 heavy (non-hydrogen) atoms. The minimum atomic E-state index is -0.0349. The van der Waals surface area contributed by atoms with Crippen molar-refractivity contribution >= 4 is 34.0 Å². The number of hydrogen-bond acceptors (Lipinski definition) is 3. The van der Waals surface area contributed by atoms with Crippen LogP contribution in [0.5, 0.6) is 11.5 Å². The fourth-order valence-corrected chi connectivity index (χ4v) is 4.74. The van der Waals surface area contributed by atoms with Crippen LogP contribution in [0.4, 0.5) is 5.69 Å². The van der Waals surface area contributed by atoms with E-state index in [9.17, 15) is 4.79 Å². The third-order valence-corrected chi connectivity index (χ3v) is 6.64. The lowest BCUT2D eigenvalue weighted by molar-refractivity contribution is -0.121. The summed E-state index contributed by atoms with van der Waals surface area (Å²) in [4.78, 5) is 15.5. The summed E-state index contributed by atoms with van der Waals surface area (Å²) >= 11 is 6.21. The minimum Gasteiger partial charge on any atom is -0.455 e. The van der Waals surface area contributed by atoms with Crippen LogP contribution < -0.4 is 10.1 Å². The number of hydrogen-bond donors (Lipinski definition) is 1. The number of fused-ring (bicyclic) bond motifs is 1. The van der Waals surface area contributed by atoms with E-state index in [0.29, 0.717) is 22.2 Å². The molecule has 0 bridgehead atoms. The quantitative estimate of drug-likeness (QED) is 0.325. The number of para-hydroxylation sites is 1. The third-order valence-electron chi connectivity index (χ3n) is 6.40. The van der Waals surface area contributed by atoms with E-state index in [0.717, 1.165) is 32.5 Å². The number of ether oxygens (including phenoxy) is 1. The Morgan fingerprint density at radius 3 is 2.47 bits per heavy atom. The van der Waals surface area contributed by atoms with Crippen molar-refractivity contribution in [3.05, 3.63) is 102 Å². The summed E-state index contributed by atoms with van der Waals surface area (Å²) in [6.07, 6.45) is 1.65. The van der Waals surface area contributed by atoms with Gasteiger partial charge in [0.25, 0.3) is 0 Å². The van der Waals surface area contributed by atoms with Gasteiger partial charge in [0, 0.05) is 17.5 Å². The van der Waals surface area contributed by atoms with Crippen LogP contribution in [0.25, 0.3) is 10.8 Å². The summed E-state index contributed by atoms with van der Waals surface area (Å²) in [7, 11) is 0. The lowest BCUT2D eigenvalue weighted by Gasteiger charge is -2.31. The lowest BCUT2D eigenvalue weighted by atomic mass is 9.95. The molecule has 0 spiro atoms. The fourth-order valence-electron chi connectivity index (χ4n) is 4.56. The molecule has 5 rings (SSSR count). The van der Waals surface area contributed by atoms with E-state index in [-0.39, 0.29) is 11.8 Å². The predicted molar refractivity (Wildman–Crippen MR) is 139 cm³/mol. The smallest absolute Gasteiger partial charge is 0.227 e. The summed E-state index contributed by atoms with van der Waals surface area (Å²) in [5.41, 5.74) is 1.93. The van der Waals surface area contributed by atoms with E-state index in [1.807, 2.05) is 30.3 Å². The van der Waals surface area contributed by atoms with Crippen LogP contribution in [-0.4, -0.2) is 23.9 Å². The second kappa shape index (κ2) is 10.3. The van der Waals surface area contributed by atoms with Gasteiger partial charge in [0.2, 0.25) is 5.91 Å². The molecule has 1 fully saturated rings. The zero-order valence-electron chi connectivity index (χ0n) is 18.9. The van der Waals surface area contributed by atoms with Gasteiger partial charge in [-0.05, 0) is 72.6 Å². The van der Waals surface area contributed by atoms with Gasteiger partial charge in [0.15, 0.2) is 5.75 Å². The molecule has 0 atom stereocenters. The van der Waals surface area contributed by atoms with Crippen LogP contribution in [0.1, 0.15) is 18.4 Å². The van der Waals surface area contributed by atoms with Crippen molar-refractivity contribution in [2.75, 3.05) is 18.4 Å². The zero-order valence-corrected chi connectivity index (χ0v) is 19.7. The molecule has 0 aliphatic carbocycles. The Labute approximate surface area is 205 Å². The number of carbonyl (C=O) groups excluding carboxylic acids is 1. The van der Waals surface area contributed by atoms with Crippen molar-refractivity contribution in [2.24, 2.45) is 5.92 Å². The molecular formula is C29H27ClN2O2. The van der Waals surface area contributed by atoms with Crippen LogP contribution >= 0.6 is 11.6 Å². The molecule has 1 heterocycles. The Morgan fingerprint density at radius 2 is 1.65 bits per heavy atom. The number of nitrogens with one attached hydrogen (secondary N) is 1. The molecule has 0 saturated carbocycles. The second-order valence-corrected chi connectivity index (χ2v) is 9.17. The van der Waals surface area contributed by atoms with Gasteiger partial charge in [-0.3, -0.25) is 9.69 Å². The van der Waals surface area contributed by atoms with Crippen LogP contribution in [-0.2, 0) is 11.3 Å². The highest BCUT2D eigenvalue weighted by atomic mass is 35.5. The number of piperidine rings is 1. The highest BCUT2D eigenvalue weighted by Gasteiger charge is 2.26. The molecule has 172 valence electrons. The van der Waals surface area contributed by atoms with Crippen molar-refractivity contribution < 1.29 is 9.53 Å². The number of rotatable bonds is 6. The van der Waals surface area contributed by atoms with Crippen LogP contribution in [0, 0.1) is 5.92 Å². The van der Waals surface area contributed by atoms with Crippen molar-refractivity contribution in [2.45, 2.75) is 19.4 Å². The summed E-state index contributed by atoms with van der Waals surface area (Å²) in [5.74, 6) is 1.27. The zero-order chi connectivity index (χ0) is 23.3. The number of benzene rings is 4. The highest BCUT2D eigenvalue weighted by molar-refractivity contribution is 6.31. The standard InChI is InChI=1S/C29H27ClN2O2/c30-24-13-14-28(34-25-10-2-1-3-11-25)27(19-24)31-29(33)22-15-17-32(18-16-22)20-23-9-6-8-21-7-4-5-12-26(21)23/h1-14,19,22H,15-18,20H2,(H,31,33). The Kier molecular flexibility index (Phi) is 6.79. The molecule has 1 aliphatic rings. The normalized spacial score (nSPS) is 14.7. The molecule has 4 aromatic carbocycles. The summed E-state index contributed by atoms with van der Waals surface area (Å²) in [6, 6.07) is 29.8. The average Bonchev–Trinajstić information content (AvgIpc) is 2.87. The average molecular weight is 471 g/mol. The number of carbonyl (C=O) groups is 1. The Bertz CT molecular complexity index is 1280. The van der Waals surface area contributed by atoms with Crippen molar-refractivity contribution in [3.63, 3.8) is 0 Å². The maximum absolute atomic E-state index is 13.1. The molecule has 1 N–H and O–H groups in total. The van der Waals surface area contributed by atoms with E-state index >= 15 is 0 Å². The topological polar surface area (TPSA) is 41.6 Å². The van der Waals surface area contributed by atoms with Gasteiger partial charge in [0.1, 0.15) is 5.75 Å². The van der Waals surface area contributed by atoms with E-state index < -0.39 is 0 Å². The number of likely N-dealkylation sites (tertiary alicyclic amines) is 1. The Morgan fingerprint density at radius 1 is 0.912 bits per heavy atom. The van der Waals surface area contributed by atoms with Gasteiger partial charge >= 0.3 is 0 Å². The molecule has 0 unspecified atom stereocenters. The molecule has 1 aliphatic heterocycles. The van der Waals surface area contributed by atoms with Crippen LogP contribution in [0.15, 0.2) is 91.0 Å².